The highest BCUT2D eigenvalue weighted by molar-refractivity contribution is 7.15. The molecule has 3 heterocycles. The van der Waals surface area contributed by atoms with Crippen LogP contribution in [0.25, 0.3) is 0 Å². The van der Waals surface area contributed by atoms with Crippen molar-refractivity contribution in [2.45, 2.75) is 39.3 Å². The number of anilines is 1. The molecule has 0 fully saturated rings. The summed E-state index contributed by atoms with van der Waals surface area (Å²) in [5.41, 5.74) is 2.43. The molecule has 2 aromatic heterocycles. The zero-order chi connectivity index (χ0) is 17.1. The Morgan fingerprint density at radius 3 is 3.08 bits per heavy atom. The van der Waals surface area contributed by atoms with Crippen LogP contribution in [0, 0.1) is 0 Å². The van der Waals surface area contributed by atoms with Crippen LogP contribution in [-0.4, -0.2) is 40.5 Å². The Hall–Kier alpha value is -1.99. The zero-order valence-corrected chi connectivity index (χ0v) is 15.0. The summed E-state index contributed by atoms with van der Waals surface area (Å²) in [6.07, 6.45) is 3.74. The van der Waals surface area contributed by atoms with Gasteiger partial charge in [0.15, 0.2) is 5.13 Å². The Morgan fingerprint density at radius 2 is 2.33 bits per heavy atom. The molecule has 0 aliphatic carbocycles. The fourth-order valence-electron chi connectivity index (χ4n) is 2.97. The number of nitrogens with one attached hydrogen (secondary N) is 1. The van der Waals surface area contributed by atoms with Crippen LogP contribution in [0.3, 0.4) is 0 Å². The maximum Gasteiger partial charge on any atom is 0.223 e. The van der Waals surface area contributed by atoms with Gasteiger partial charge in [-0.25, -0.2) is 9.97 Å². The Kier molecular flexibility index (Phi) is 5.11. The number of ether oxygens (including phenoxy) is 1. The molecule has 2 aromatic rings. The molecule has 0 unspecified atom stereocenters. The van der Waals surface area contributed by atoms with E-state index in [1.165, 1.54) is 23.8 Å². The Bertz CT molecular complexity index is 731. The van der Waals surface area contributed by atoms with Crippen molar-refractivity contribution in [2.24, 2.45) is 0 Å². The van der Waals surface area contributed by atoms with E-state index < -0.39 is 0 Å². The second kappa shape index (κ2) is 7.27. The lowest BCUT2D eigenvalue weighted by molar-refractivity contribution is -0.114. The molecule has 7 heteroatoms. The topological polar surface area (TPSA) is 67.3 Å². The zero-order valence-electron chi connectivity index (χ0n) is 14.2. The molecule has 1 aliphatic rings. The fraction of sp³-hybridized carbons (Fsp3) is 0.471. The van der Waals surface area contributed by atoms with Gasteiger partial charge < -0.3 is 10.1 Å². The van der Waals surface area contributed by atoms with E-state index in [0.717, 1.165) is 36.5 Å². The number of methoxy groups -OCH3 is 1. The third-order valence-corrected chi connectivity index (χ3v) is 5.12. The molecule has 6 nitrogen and oxygen atoms in total. The van der Waals surface area contributed by atoms with Crippen LogP contribution in [0.4, 0.5) is 5.13 Å². The highest BCUT2D eigenvalue weighted by Gasteiger charge is 2.22. The number of carbonyl (C=O) groups excluding carboxylic acids is 1. The quantitative estimate of drug-likeness (QED) is 0.921. The molecule has 0 radical (unpaired) electrons. The number of hydrogen-bond acceptors (Lipinski definition) is 6. The van der Waals surface area contributed by atoms with Crippen LogP contribution in [0.2, 0.25) is 0 Å². The van der Waals surface area contributed by atoms with Crippen molar-refractivity contribution in [1.82, 2.24) is 14.9 Å². The van der Waals surface area contributed by atoms with E-state index in [2.05, 4.69) is 33.2 Å². The highest BCUT2D eigenvalue weighted by atomic mass is 32.1. The average Bonchev–Trinajstić information content (AvgIpc) is 2.91. The SMILES string of the molecule is COc1ccc2c(n1)CCN(Cc1cnc(NC(C)=O)s1)[C@H](C)C2. The van der Waals surface area contributed by atoms with E-state index in [0.29, 0.717) is 17.1 Å². The van der Waals surface area contributed by atoms with Crippen LogP contribution in [-0.2, 0) is 24.2 Å². The molecule has 0 spiro atoms. The molecule has 1 atom stereocenters. The number of nitrogens with zero attached hydrogens (tertiary/aromatic N) is 3. The molecule has 0 aromatic carbocycles. The second-order valence-corrected chi connectivity index (χ2v) is 7.16. The number of amides is 1. The monoisotopic (exact) mass is 346 g/mol. The molecule has 0 saturated heterocycles. The van der Waals surface area contributed by atoms with Crippen molar-refractivity contribution in [3.8, 4) is 5.88 Å². The van der Waals surface area contributed by atoms with Crippen LogP contribution >= 0.6 is 11.3 Å². The van der Waals surface area contributed by atoms with Crippen molar-refractivity contribution in [2.75, 3.05) is 19.0 Å². The molecule has 0 bridgehead atoms. The Labute approximate surface area is 145 Å². The first-order valence-corrected chi connectivity index (χ1v) is 8.86. The minimum atomic E-state index is -0.0884. The van der Waals surface area contributed by atoms with E-state index in [9.17, 15) is 4.79 Å². The summed E-state index contributed by atoms with van der Waals surface area (Å²) in [5.74, 6) is 0.590. The van der Waals surface area contributed by atoms with Gasteiger partial charge in [0.25, 0.3) is 0 Å². The van der Waals surface area contributed by atoms with Crippen molar-refractivity contribution in [3.63, 3.8) is 0 Å². The first-order valence-electron chi connectivity index (χ1n) is 8.04. The third-order valence-electron chi connectivity index (χ3n) is 4.22. The Morgan fingerprint density at radius 1 is 1.50 bits per heavy atom. The number of aromatic nitrogens is 2. The van der Waals surface area contributed by atoms with Crippen molar-refractivity contribution < 1.29 is 9.53 Å². The summed E-state index contributed by atoms with van der Waals surface area (Å²) in [6, 6.07) is 4.49. The van der Waals surface area contributed by atoms with Gasteiger partial charge >= 0.3 is 0 Å². The summed E-state index contributed by atoms with van der Waals surface area (Å²) in [5, 5.41) is 3.40. The average molecular weight is 346 g/mol. The normalized spacial score (nSPS) is 17.9. The largest absolute Gasteiger partial charge is 0.481 e. The standard InChI is InChI=1S/C17H22N4O2S/c1-11-8-13-4-5-16(23-3)20-15(13)6-7-21(11)10-14-9-18-17(24-14)19-12(2)22/h4-5,9,11H,6-8,10H2,1-3H3,(H,18,19,22)/t11-/m1/s1. The number of pyridine rings is 1. The lowest BCUT2D eigenvalue weighted by atomic mass is 10.1. The number of thiazole rings is 1. The minimum Gasteiger partial charge on any atom is -0.481 e. The van der Waals surface area contributed by atoms with E-state index in [1.807, 2.05) is 12.3 Å². The minimum absolute atomic E-state index is 0.0884. The van der Waals surface area contributed by atoms with Gasteiger partial charge in [0, 0.05) is 55.3 Å². The molecule has 1 N–H and O–H groups in total. The van der Waals surface area contributed by atoms with Gasteiger partial charge in [0.2, 0.25) is 11.8 Å². The summed E-state index contributed by atoms with van der Waals surface area (Å²) in [4.78, 5) is 23.6. The van der Waals surface area contributed by atoms with E-state index in [-0.39, 0.29) is 5.91 Å². The van der Waals surface area contributed by atoms with Crippen molar-refractivity contribution in [3.05, 3.63) is 34.5 Å². The summed E-state index contributed by atoms with van der Waals surface area (Å²) in [7, 11) is 1.65. The van der Waals surface area contributed by atoms with Crippen molar-refractivity contribution >= 4 is 22.4 Å². The molecule has 128 valence electrons. The second-order valence-electron chi connectivity index (χ2n) is 6.05. The number of carbonyl (C=O) groups is 1. The van der Waals surface area contributed by atoms with Gasteiger partial charge in [0.1, 0.15) is 0 Å². The lowest BCUT2D eigenvalue weighted by Crippen LogP contribution is -2.33. The molecule has 1 amide bonds. The van der Waals surface area contributed by atoms with Gasteiger partial charge in [0.05, 0.1) is 7.11 Å². The van der Waals surface area contributed by atoms with Gasteiger partial charge in [-0.2, -0.15) is 0 Å². The smallest absolute Gasteiger partial charge is 0.223 e. The molecule has 0 saturated carbocycles. The van der Waals surface area contributed by atoms with Crippen LogP contribution in [0.15, 0.2) is 18.3 Å². The van der Waals surface area contributed by atoms with Gasteiger partial charge in [-0.1, -0.05) is 6.07 Å². The van der Waals surface area contributed by atoms with E-state index in [4.69, 9.17) is 4.74 Å². The van der Waals surface area contributed by atoms with Crippen LogP contribution in [0.5, 0.6) is 5.88 Å². The predicted molar refractivity (Wildman–Crippen MR) is 94.5 cm³/mol. The van der Waals surface area contributed by atoms with Gasteiger partial charge in [-0.15, -0.1) is 11.3 Å². The van der Waals surface area contributed by atoms with Gasteiger partial charge in [-0.05, 0) is 18.9 Å². The van der Waals surface area contributed by atoms with E-state index >= 15 is 0 Å². The maximum absolute atomic E-state index is 11.1. The summed E-state index contributed by atoms with van der Waals surface area (Å²) in [6.45, 7) is 5.52. The first-order chi connectivity index (χ1) is 11.5. The molecular formula is C17H22N4O2S. The first kappa shape index (κ1) is 16.9. The third kappa shape index (κ3) is 3.91. The maximum atomic E-state index is 11.1. The molecule has 1 aliphatic heterocycles. The number of rotatable bonds is 4. The van der Waals surface area contributed by atoms with E-state index in [1.54, 1.807) is 7.11 Å². The van der Waals surface area contributed by atoms with Crippen molar-refractivity contribution in [1.29, 1.82) is 0 Å². The predicted octanol–water partition coefficient (Wildman–Crippen LogP) is 2.49. The summed E-state index contributed by atoms with van der Waals surface area (Å²) >= 11 is 1.53. The summed E-state index contributed by atoms with van der Waals surface area (Å²) < 4.78 is 5.24. The number of hydrogen-bond donors (Lipinski definition) is 1. The van der Waals surface area contributed by atoms with Gasteiger partial charge in [-0.3, -0.25) is 9.69 Å². The van der Waals surface area contributed by atoms with Crippen LogP contribution < -0.4 is 10.1 Å². The fourth-order valence-corrected chi connectivity index (χ4v) is 3.85. The lowest BCUT2D eigenvalue weighted by Gasteiger charge is -2.26. The van der Waals surface area contributed by atoms with Crippen LogP contribution in [0.1, 0.15) is 30.0 Å². The molecular weight excluding hydrogens is 324 g/mol. The number of fused-ring (bicyclic) bond motifs is 1. The Balaban J connectivity index is 1.69. The molecule has 3 rings (SSSR count). The molecule has 24 heavy (non-hydrogen) atoms. The highest BCUT2D eigenvalue weighted by Crippen LogP contribution is 2.25.